The number of carbonyl (C=O) groups is 2. The summed E-state index contributed by atoms with van der Waals surface area (Å²) >= 11 is 0. The van der Waals surface area contributed by atoms with Crippen LogP contribution in [0.3, 0.4) is 0 Å². The van der Waals surface area contributed by atoms with E-state index in [4.69, 9.17) is 0 Å². The van der Waals surface area contributed by atoms with Crippen molar-refractivity contribution in [3.8, 4) is 5.69 Å². The van der Waals surface area contributed by atoms with Crippen LogP contribution in [0.25, 0.3) is 5.69 Å². The van der Waals surface area contributed by atoms with Crippen LogP contribution in [0.15, 0.2) is 54.6 Å². The highest BCUT2D eigenvalue weighted by Gasteiger charge is 2.32. The van der Waals surface area contributed by atoms with E-state index in [9.17, 15) is 9.59 Å². The zero-order valence-electron chi connectivity index (χ0n) is 17.1. The van der Waals surface area contributed by atoms with E-state index in [-0.39, 0.29) is 6.04 Å². The number of hydrogen-bond acceptors (Lipinski definition) is 3. The van der Waals surface area contributed by atoms with Gasteiger partial charge in [0.05, 0.1) is 28.7 Å². The molecular formula is C24H25N3O2. The Labute approximate surface area is 171 Å². The first kappa shape index (κ1) is 19.1. The summed E-state index contributed by atoms with van der Waals surface area (Å²) in [7, 11) is 1.74. The van der Waals surface area contributed by atoms with Crippen molar-refractivity contribution in [1.82, 2.24) is 14.7 Å². The summed E-state index contributed by atoms with van der Waals surface area (Å²) in [6.07, 6.45) is 2.90. The number of Topliss-reactive ketones (excluding diaryl/α,β-unsaturated/α-hetero) is 1. The van der Waals surface area contributed by atoms with Gasteiger partial charge >= 0.3 is 0 Å². The van der Waals surface area contributed by atoms with Gasteiger partial charge in [-0.2, -0.15) is 5.10 Å². The lowest BCUT2D eigenvalue weighted by Crippen LogP contribution is -2.38. The van der Waals surface area contributed by atoms with Gasteiger partial charge in [-0.1, -0.05) is 42.5 Å². The molecule has 29 heavy (non-hydrogen) atoms. The van der Waals surface area contributed by atoms with E-state index in [1.54, 1.807) is 23.6 Å². The summed E-state index contributed by atoms with van der Waals surface area (Å²) in [5.41, 5.74) is 4.94. The quantitative estimate of drug-likeness (QED) is 0.498. The molecule has 2 aromatic carbocycles. The molecule has 0 spiro atoms. The number of rotatable bonds is 4. The minimum atomic E-state index is -0.493. The molecule has 0 aliphatic heterocycles. The van der Waals surface area contributed by atoms with E-state index >= 15 is 0 Å². The number of hydrogen-bond donors (Lipinski definition) is 0. The first-order valence-electron chi connectivity index (χ1n) is 10.00. The van der Waals surface area contributed by atoms with Gasteiger partial charge in [0, 0.05) is 7.05 Å². The molecule has 1 atom stereocenters. The molecule has 0 saturated heterocycles. The summed E-state index contributed by atoms with van der Waals surface area (Å²) in [5.74, 6) is -0.974. The number of ketones is 1. The van der Waals surface area contributed by atoms with Gasteiger partial charge in [0.2, 0.25) is 0 Å². The Bertz CT molecular complexity index is 1070. The smallest absolute Gasteiger partial charge is 0.295 e. The molecule has 1 aliphatic rings. The van der Waals surface area contributed by atoms with Crippen molar-refractivity contribution in [2.75, 3.05) is 7.05 Å². The third kappa shape index (κ3) is 3.37. The van der Waals surface area contributed by atoms with Gasteiger partial charge in [-0.15, -0.1) is 0 Å². The van der Waals surface area contributed by atoms with E-state index in [0.29, 0.717) is 17.0 Å². The fourth-order valence-corrected chi connectivity index (χ4v) is 4.33. The van der Waals surface area contributed by atoms with Crippen LogP contribution in [0, 0.1) is 13.8 Å². The number of benzene rings is 2. The topological polar surface area (TPSA) is 55.2 Å². The molecule has 1 heterocycles. The molecule has 0 N–H and O–H groups in total. The maximum Gasteiger partial charge on any atom is 0.295 e. The maximum absolute atomic E-state index is 13.2. The van der Waals surface area contributed by atoms with Crippen LogP contribution in [0.2, 0.25) is 0 Å². The Hall–Kier alpha value is -3.21. The van der Waals surface area contributed by atoms with E-state index in [2.05, 4.69) is 17.2 Å². The number of amides is 1. The molecule has 1 aliphatic carbocycles. The molecule has 1 amide bonds. The highest BCUT2D eigenvalue weighted by atomic mass is 16.2. The van der Waals surface area contributed by atoms with Crippen molar-refractivity contribution in [2.24, 2.45) is 0 Å². The van der Waals surface area contributed by atoms with Crippen molar-refractivity contribution in [3.05, 3.63) is 82.7 Å². The number of aromatic nitrogens is 2. The van der Waals surface area contributed by atoms with Gasteiger partial charge in [-0.25, -0.2) is 4.68 Å². The highest BCUT2D eigenvalue weighted by molar-refractivity contribution is 6.43. The standard InChI is InChI=1S/C24H25N3O2/c1-16-22(17(2)27(25-16)19-12-5-4-6-13-19)23(28)24(29)26(3)21-15-9-11-18-10-7-8-14-20(18)21/h4-8,10,12-14,21H,9,11,15H2,1-3H3. The summed E-state index contributed by atoms with van der Waals surface area (Å²) < 4.78 is 1.73. The molecule has 3 aromatic rings. The largest absolute Gasteiger partial charge is 0.332 e. The predicted molar refractivity (Wildman–Crippen MR) is 112 cm³/mol. The highest BCUT2D eigenvalue weighted by Crippen LogP contribution is 2.34. The fourth-order valence-electron chi connectivity index (χ4n) is 4.33. The van der Waals surface area contributed by atoms with Crippen molar-refractivity contribution >= 4 is 11.7 Å². The van der Waals surface area contributed by atoms with Crippen LogP contribution >= 0.6 is 0 Å². The molecule has 0 saturated carbocycles. The number of likely N-dealkylation sites (N-methyl/N-ethyl adjacent to an activating group) is 1. The number of carbonyl (C=O) groups excluding carboxylic acids is 2. The molecule has 0 radical (unpaired) electrons. The molecule has 0 bridgehead atoms. The van der Waals surface area contributed by atoms with Gasteiger partial charge < -0.3 is 4.90 Å². The van der Waals surface area contributed by atoms with Crippen LogP contribution in [-0.2, 0) is 11.2 Å². The van der Waals surface area contributed by atoms with Crippen LogP contribution in [-0.4, -0.2) is 33.4 Å². The third-order valence-corrected chi connectivity index (χ3v) is 5.84. The van der Waals surface area contributed by atoms with Crippen LogP contribution in [0.5, 0.6) is 0 Å². The first-order valence-corrected chi connectivity index (χ1v) is 10.00. The average Bonchev–Trinajstić information content (AvgIpc) is 3.06. The number of aryl methyl sites for hydroxylation is 2. The van der Waals surface area contributed by atoms with Crippen molar-refractivity contribution in [3.63, 3.8) is 0 Å². The summed E-state index contributed by atoms with van der Waals surface area (Å²) in [6, 6.07) is 17.8. The lowest BCUT2D eigenvalue weighted by atomic mass is 9.87. The van der Waals surface area contributed by atoms with Gasteiger partial charge in [0.15, 0.2) is 0 Å². The Morgan fingerprint density at radius 1 is 1.03 bits per heavy atom. The first-order chi connectivity index (χ1) is 14.0. The molecular weight excluding hydrogens is 362 g/mol. The van der Waals surface area contributed by atoms with Crippen molar-refractivity contribution in [2.45, 2.75) is 39.2 Å². The van der Waals surface area contributed by atoms with Gasteiger partial charge in [-0.05, 0) is 56.4 Å². The van der Waals surface area contributed by atoms with Crippen molar-refractivity contribution in [1.29, 1.82) is 0 Å². The second kappa shape index (κ2) is 7.66. The van der Waals surface area contributed by atoms with E-state index in [1.165, 1.54) is 5.56 Å². The molecule has 1 aromatic heterocycles. The SMILES string of the molecule is Cc1nn(-c2ccccc2)c(C)c1C(=O)C(=O)N(C)C1CCCc2ccccc21. The Morgan fingerprint density at radius 3 is 2.48 bits per heavy atom. The van der Waals surface area contributed by atoms with Gasteiger partial charge in [-0.3, -0.25) is 9.59 Å². The third-order valence-electron chi connectivity index (χ3n) is 5.84. The molecule has 5 heteroatoms. The Morgan fingerprint density at radius 2 is 1.72 bits per heavy atom. The summed E-state index contributed by atoms with van der Waals surface area (Å²) in [5, 5.41) is 4.52. The second-order valence-corrected chi connectivity index (χ2v) is 7.65. The minimum Gasteiger partial charge on any atom is -0.332 e. The van der Waals surface area contributed by atoms with Crippen LogP contribution in [0.1, 0.15) is 51.8 Å². The Balaban J connectivity index is 1.64. The summed E-state index contributed by atoms with van der Waals surface area (Å²) in [6.45, 7) is 3.62. The monoisotopic (exact) mass is 387 g/mol. The zero-order chi connectivity index (χ0) is 20.5. The number of para-hydroxylation sites is 1. The molecule has 4 rings (SSSR count). The van der Waals surface area contributed by atoms with Crippen LogP contribution < -0.4 is 0 Å². The normalized spacial score (nSPS) is 15.6. The Kier molecular flexibility index (Phi) is 5.05. The van der Waals surface area contributed by atoms with E-state index in [1.807, 2.05) is 49.4 Å². The second-order valence-electron chi connectivity index (χ2n) is 7.65. The zero-order valence-corrected chi connectivity index (χ0v) is 17.1. The average molecular weight is 387 g/mol. The lowest BCUT2D eigenvalue weighted by Gasteiger charge is -2.33. The predicted octanol–water partition coefficient (Wildman–Crippen LogP) is 4.21. The van der Waals surface area contributed by atoms with Crippen molar-refractivity contribution < 1.29 is 9.59 Å². The molecule has 1 unspecified atom stereocenters. The molecule has 148 valence electrons. The minimum absolute atomic E-state index is 0.0684. The summed E-state index contributed by atoms with van der Waals surface area (Å²) in [4.78, 5) is 27.9. The van der Waals surface area contributed by atoms with Gasteiger partial charge in [0.25, 0.3) is 11.7 Å². The molecule has 5 nitrogen and oxygen atoms in total. The fraction of sp³-hybridized carbons (Fsp3) is 0.292. The number of fused-ring (bicyclic) bond motifs is 1. The van der Waals surface area contributed by atoms with E-state index in [0.717, 1.165) is 30.5 Å². The number of nitrogens with zero attached hydrogens (tertiary/aromatic N) is 3. The lowest BCUT2D eigenvalue weighted by molar-refractivity contribution is -0.127. The molecule has 0 fully saturated rings. The van der Waals surface area contributed by atoms with E-state index < -0.39 is 11.7 Å². The van der Waals surface area contributed by atoms with Crippen LogP contribution in [0.4, 0.5) is 0 Å². The maximum atomic E-state index is 13.2. The van der Waals surface area contributed by atoms with Gasteiger partial charge in [0.1, 0.15) is 0 Å².